The van der Waals surface area contributed by atoms with Crippen LogP contribution in [-0.2, 0) is 0 Å². The van der Waals surface area contributed by atoms with Crippen LogP contribution in [0.25, 0.3) is 23.0 Å². The number of rotatable bonds is 4. The first-order valence-corrected chi connectivity index (χ1v) is 8.09. The van der Waals surface area contributed by atoms with Crippen molar-refractivity contribution in [2.24, 2.45) is 0 Å². The van der Waals surface area contributed by atoms with Crippen LogP contribution in [0.3, 0.4) is 0 Å². The number of benzene rings is 2. The summed E-state index contributed by atoms with van der Waals surface area (Å²) in [6, 6.07) is 17.3. The fourth-order valence-electron chi connectivity index (χ4n) is 2.61. The van der Waals surface area contributed by atoms with Gasteiger partial charge >= 0.3 is 0 Å². The Morgan fingerprint density at radius 1 is 1.23 bits per heavy atom. The summed E-state index contributed by atoms with van der Waals surface area (Å²) in [6.45, 7) is 1.78. The number of nitro groups is 1. The number of nitrogens with zero attached hydrogens (tertiary/aromatic N) is 2. The molecule has 0 saturated carbocycles. The fraction of sp³-hybridized carbons (Fsp3) is 0.0500. The molecule has 0 atom stereocenters. The highest BCUT2D eigenvalue weighted by Gasteiger charge is 2.13. The molecule has 128 valence electrons. The molecule has 0 fully saturated rings. The maximum Gasteiger partial charge on any atom is 0.269 e. The molecule has 0 amide bonds. The number of halogens is 1. The van der Waals surface area contributed by atoms with Crippen LogP contribution in [0.4, 0.5) is 5.69 Å². The molecule has 0 spiro atoms. The van der Waals surface area contributed by atoms with E-state index < -0.39 is 4.92 Å². The number of non-ortho nitro benzene ring substituents is 1. The summed E-state index contributed by atoms with van der Waals surface area (Å²) in [4.78, 5) is 10.4. The van der Waals surface area contributed by atoms with Crippen LogP contribution in [0.5, 0.6) is 0 Å². The Morgan fingerprint density at radius 3 is 2.65 bits per heavy atom. The highest BCUT2D eigenvalue weighted by molar-refractivity contribution is 6.32. The van der Waals surface area contributed by atoms with Crippen molar-refractivity contribution in [3.8, 4) is 17.4 Å². The molecule has 3 aromatic rings. The summed E-state index contributed by atoms with van der Waals surface area (Å²) in [5, 5.41) is 20.8. The van der Waals surface area contributed by atoms with Gasteiger partial charge in [-0.1, -0.05) is 29.8 Å². The molecule has 0 aliphatic carbocycles. The summed E-state index contributed by atoms with van der Waals surface area (Å²) in [7, 11) is 0. The number of nitriles is 1. The third kappa shape index (κ3) is 3.51. The van der Waals surface area contributed by atoms with Crippen molar-refractivity contribution in [3.63, 3.8) is 0 Å². The molecule has 0 N–H and O–H groups in total. The number of hydrogen-bond acceptors (Lipinski definition) is 4. The van der Waals surface area contributed by atoms with E-state index in [2.05, 4.69) is 6.07 Å². The Hall–Kier alpha value is -3.36. The minimum absolute atomic E-state index is 0.0309. The van der Waals surface area contributed by atoms with Gasteiger partial charge in [0.15, 0.2) is 0 Å². The van der Waals surface area contributed by atoms with E-state index in [4.69, 9.17) is 16.0 Å². The second-order valence-electron chi connectivity index (χ2n) is 5.61. The van der Waals surface area contributed by atoms with Gasteiger partial charge in [0.25, 0.3) is 5.69 Å². The van der Waals surface area contributed by atoms with E-state index in [0.29, 0.717) is 27.7 Å². The van der Waals surface area contributed by atoms with Gasteiger partial charge in [-0.3, -0.25) is 10.1 Å². The lowest BCUT2D eigenvalue weighted by molar-refractivity contribution is -0.384. The molecule has 3 rings (SSSR count). The van der Waals surface area contributed by atoms with Crippen LogP contribution in [0.15, 0.2) is 59.0 Å². The van der Waals surface area contributed by atoms with Gasteiger partial charge in [0.1, 0.15) is 11.5 Å². The van der Waals surface area contributed by atoms with Gasteiger partial charge < -0.3 is 4.42 Å². The smallest absolute Gasteiger partial charge is 0.269 e. The van der Waals surface area contributed by atoms with Crippen LogP contribution >= 0.6 is 11.6 Å². The Morgan fingerprint density at radius 2 is 2.00 bits per heavy atom. The number of hydrogen-bond donors (Lipinski definition) is 0. The number of allylic oxidation sites excluding steroid dienone is 1. The fourth-order valence-corrected chi connectivity index (χ4v) is 2.84. The largest absolute Gasteiger partial charge is 0.457 e. The predicted octanol–water partition coefficient (Wildman–Crippen LogP) is 5.88. The molecular weight excluding hydrogens is 352 g/mol. The molecule has 0 saturated heterocycles. The minimum atomic E-state index is -0.435. The summed E-state index contributed by atoms with van der Waals surface area (Å²) >= 11 is 6.15. The van der Waals surface area contributed by atoms with Crippen molar-refractivity contribution in [2.75, 3.05) is 0 Å². The van der Waals surface area contributed by atoms with Crippen molar-refractivity contribution < 1.29 is 9.34 Å². The third-order valence-corrected chi connectivity index (χ3v) is 4.21. The van der Waals surface area contributed by atoms with Crippen molar-refractivity contribution in [2.45, 2.75) is 6.92 Å². The Balaban J connectivity index is 1.97. The molecule has 26 heavy (non-hydrogen) atoms. The summed E-state index contributed by atoms with van der Waals surface area (Å²) in [6.07, 6.45) is 1.62. The first-order valence-electron chi connectivity index (χ1n) is 7.71. The second kappa shape index (κ2) is 7.26. The maximum absolute atomic E-state index is 10.9. The lowest BCUT2D eigenvalue weighted by Gasteiger charge is -2.03. The van der Waals surface area contributed by atoms with Crippen molar-refractivity contribution >= 4 is 28.9 Å². The molecule has 1 heterocycles. The van der Waals surface area contributed by atoms with Crippen LogP contribution in [0.2, 0.25) is 5.02 Å². The molecular formula is C20H13ClN2O3. The summed E-state index contributed by atoms with van der Waals surface area (Å²) in [5.41, 5.74) is 2.53. The van der Waals surface area contributed by atoms with Gasteiger partial charge in [0, 0.05) is 28.3 Å². The van der Waals surface area contributed by atoms with E-state index >= 15 is 0 Å². The van der Waals surface area contributed by atoms with Gasteiger partial charge in [-0.2, -0.15) is 5.26 Å². The minimum Gasteiger partial charge on any atom is -0.457 e. The van der Waals surface area contributed by atoms with E-state index in [1.54, 1.807) is 55.5 Å². The van der Waals surface area contributed by atoms with Crippen molar-refractivity contribution in [1.82, 2.24) is 0 Å². The molecule has 0 aliphatic rings. The zero-order chi connectivity index (χ0) is 18.7. The average Bonchev–Trinajstić information content (AvgIpc) is 3.08. The third-order valence-electron chi connectivity index (χ3n) is 3.88. The number of nitro benzene ring substituents is 1. The normalized spacial score (nSPS) is 11.2. The number of furan rings is 1. The van der Waals surface area contributed by atoms with E-state index in [-0.39, 0.29) is 5.69 Å². The van der Waals surface area contributed by atoms with E-state index in [1.165, 1.54) is 12.1 Å². The molecule has 0 radical (unpaired) electrons. The average molecular weight is 365 g/mol. The van der Waals surface area contributed by atoms with Gasteiger partial charge in [0.05, 0.1) is 16.6 Å². The molecule has 6 heteroatoms. The first kappa shape index (κ1) is 17.5. The molecule has 2 aromatic carbocycles. The van der Waals surface area contributed by atoms with E-state index in [0.717, 1.165) is 11.1 Å². The molecule has 0 aliphatic heterocycles. The lowest BCUT2D eigenvalue weighted by atomic mass is 10.1. The van der Waals surface area contributed by atoms with Crippen molar-refractivity contribution in [1.29, 1.82) is 5.26 Å². The zero-order valence-electron chi connectivity index (χ0n) is 13.8. The number of aryl methyl sites for hydroxylation is 1. The Bertz CT molecular complexity index is 1060. The van der Waals surface area contributed by atoms with Crippen LogP contribution in [-0.4, -0.2) is 4.92 Å². The van der Waals surface area contributed by atoms with Crippen LogP contribution < -0.4 is 0 Å². The second-order valence-corrected chi connectivity index (χ2v) is 6.02. The van der Waals surface area contributed by atoms with Gasteiger partial charge in [-0.25, -0.2) is 0 Å². The van der Waals surface area contributed by atoms with E-state index in [9.17, 15) is 15.4 Å². The van der Waals surface area contributed by atoms with Crippen LogP contribution in [0, 0.1) is 28.4 Å². The SMILES string of the molecule is Cc1cc([N+](=O)[O-])ccc1-c1ccc(C=C(C#N)c2ccccc2Cl)o1. The predicted molar refractivity (Wildman–Crippen MR) is 100 cm³/mol. The summed E-state index contributed by atoms with van der Waals surface area (Å²) in [5.74, 6) is 1.06. The molecule has 5 nitrogen and oxygen atoms in total. The first-order chi connectivity index (χ1) is 12.5. The standard InChI is InChI=1S/C20H13ClN2O3/c1-13-10-15(23(24)25)6-8-17(13)20-9-7-16(26-20)11-14(12-22)18-4-2-3-5-19(18)21/h2-11H,1H3. The summed E-state index contributed by atoms with van der Waals surface area (Å²) < 4.78 is 5.80. The van der Waals surface area contributed by atoms with Gasteiger partial charge in [-0.05, 0) is 42.8 Å². The monoisotopic (exact) mass is 364 g/mol. The topological polar surface area (TPSA) is 80.1 Å². The van der Waals surface area contributed by atoms with Gasteiger partial charge in [-0.15, -0.1) is 0 Å². The van der Waals surface area contributed by atoms with Gasteiger partial charge in [0.2, 0.25) is 0 Å². The van der Waals surface area contributed by atoms with E-state index in [1.807, 2.05) is 0 Å². The molecule has 0 bridgehead atoms. The maximum atomic E-state index is 10.9. The zero-order valence-corrected chi connectivity index (χ0v) is 14.5. The highest BCUT2D eigenvalue weighted by Crippen LogP contribution is 2.30. The Labute approximate surface area is 154 Å². The Kier molecular flexibility index (Phi) is 4.87. The molecule has 1 aromatic heterocycles. The highest BCUT2D eigenvalue weighted by atomic mass is 35.5. The quantitative estimate of drug-likeness (QED) is 0.329. The van der Waals surface area contributed by atoms with Crippen LogP contribution in [0.1, 0.15) is 16.9 Å². The lowest BCUT2D eigenvalue weighted by Crippen LogP contribution is -1.89. The molecule has 0 unspecified atom stereocenters. The van der Waals surface area contributed by atoms with Crippen molar-refractivity contribution in [3.05, 3.63) is 86.6 Å².